The summed E-state index contributed by atoms with van der Waals surface area (Å²) >= 11 is 0. The van der Waals surface area contributed by atoms with Crippen LogP contribution in [0.2, 0.25) is 0 Å². The fraction of sp³-hybridized carbons (Fsp3) is 0.438. The highest BCUT2D eigenvalue weighted by Crippen LogP contribution is 2.23. The fourth-order valence-electron chi connectivity index (χ4n) is 2.61. The van der Waals surface area contributed by atoms with Gasteiger partial charge in [0, 0.05) is 32.7 Å². The van der Waals surface area contributed by atoms with Gasteiger partial charge in [-0.2, -0.15) is 0 Å². The van der Waals surface area contributed by atoms with Crippen molar-refractivity contribution in [1.82, 2.24) is 10.2 Å². The molecule has 0 aliphatic carbocycles. The highest BCUT2D eigenvalue weighted by molar-refractivity contribution is 5.82. The van der Waals surface area contributed by atoms with Crippen LogP contribution in [0.25, 0.3) is 11.0 Å². The predicted molar refractivity (Wildman–Crippen MR) is 81.9 cm³/mol. The first-order chi connectivity index (χ1) is 10.3. The molecule has 1 saturated heterocycles. The number of fused-ring (bicyclic) bond motifs is 1. The molecule has 5 heteroatoms. The number of rotatable bonds is 5. The molecule has 112 valence electrons. The van der Waals surface area contributed by atoms with Gasteiger partial charge in [0.05, 0.1) is 18.1 Å². The number of nitrogens with one attached hydrogen (secondary N) is 1. The highest BCUT2D eigenvalue weighted by atomic mass is 16.5. The van der Waals surface area contributed by atoms with Crippen molar-refractivity contribution in [2.24, 2.45) is 0 Å². The van der Waals surface area contributed by atoms with Crippen molar-refractivity contribution in [3.8, 4) is 5.75 Å². The predicted octanol–water partition coefficient (Wildman–Crippen LogP) is 1.47. The molecule has 0 atom stereocenters. The monoisotopic (exact) mass is 288 g/mol. The molecule has 1 N–H and O–H groups in total. The minimum Gasteiger partial charge on any atom is -0.492 e. The van der Waals surface area contributed by atoms with Crippen LogP contribution in [0.3, 0.4) is 0 Å². The van der Waals surface area contributed by atoms with Crippen LogP contribution in [0.1, 0.15) is 6.42 Å². The number of para-hydroxylation sites is 1. The standard InChI is InChI=1S/C16H20N2O3/c19-16-12-15(13-4-1-2-5-14(13)21-16)20-11-3-8-18-9-6-17-7-10-18/h1-2,4-5,12,17H,3,6-11H2. The van der Waals surface area contributed by atoms with Gasteiger partial charge in [-0.25, -0.2) is 4.79 Å². The summed E-state index contributed by atoms with van der Waals surface area (Å²) in [4.78, 5) is 14.0. The molecule has 2 aromatic rings. The second-order valence-electron chi connectivity index (χ2n) is 5.22. The highest BCUT2D eigenvalue weighted by Gasteiger charge is 2.09. The van der Waals surface area contributed by atoms with E-state index in [1.165, 1.54) is 6.07 Å². The van der Waals surface area contributed by atoms with E-state index in [4.69, 9.17) is 9.15 Å². The second-order valence-corrected chi connectivity index (χ2v) is 5.22. The van der Waals surface area contributed by atoms with E-state index in [0.29, 0.717) is 17.9 Å². The minimum atomic E-state index is -0.370. The van der Waals surface area contributed by atoms with E-state index in [0.717, 1.165) is 44.5 Å². The van der Waals surface area contributed by atoms with Gasteiger partial charge in [-0.05, 0) is 18.6 Å². The van der Waals surface area contributed by atoms with Gasteiger partial charge in [0.25, 0.3) is 0 Å². The summed E-state index contributed by atoms with van der Waals surface area (Å²) in [5.74, 6) is 0.613. The van der Waals surface area contributed by atoms with E-state index in [2.05, 4.69) is 10.2 Å². The van der Waals surface area contributed by atoms with Crippen LogP contribution in [-0.2, 0) is 0 Å². The van der Waals surface area contributed by atoms with Crippen molar-refractivity contribution in [2.75, 3.05) is 39.3 Å². The summed E-state index contributed by atoms with van der Waals surface area (Å²) in [5, 5.41) is 4.19. The SMILES string of the molecule is O=c1cc(OCCCN2CCNCC2)c2ccccc2o1. The van der Waals surface area contributed by atoms with Gasteiger partial charge in [-0.15, -0.1) is 0 Å². The van der Waals surface area contributed by atoms with E-state index >= 15 is 0 Å². The molecule has 21 heavy (non-hydrogen) atoms. The molecule has 1 aromatic heterocycles. The van der Waals surface area contributed by atoms with Crippen LogP contribution < -0.4 is 15.7 Å². The Hall–Kier alpha value is -1.85. The van der Waals surface area contributed by atoms with Crippen LogP contribution >= 0.6 is 0 Å². The quantitative estimate of drug-likeness (QED) is 0.667. The zero-order chi connectivity index (χ0) is 14.5. The van der Waals surface area contributed by atoms with E-state index in [-0.39, 0.29) is 5.63 Å². The van der Waals surface area contributed by atoms with Crippen LogP contribution in [0.4, 0.5) is 0 Å². The number of ether oxygens (including phenoxy) is 1. The summed E-state index contributed by atoms with van der Waals surface area (Å²) in [5.41, 5.74) is 0.202. The zero-order valence-corrected chi connectivity index (χ0v) is 12.0. The van der Waals surface area contributed by atoms with Gasteiger partial charge in [0.2, 0.25) is 0 Å². The Morgan fingerprint density at radius 2 is 2.05 bits per heavy atom. The van der Waals surface area contributed by atoms with E-state index < -0.39 is 0 Å². The van der Waals surface area contributed by atoms with Crippen LogP contribution in [0.15, 0.2) is 39.5 Å². The maximum Gasteiger partial charge on any atom is 0.339 e. The lowest BCUT2D eigenvalue weighted by Crippen LogP contribution is -2.43. The van der Waals surface area contributed by atoms with Gasteiger partial charge >= 0.3 is 5.63 Å². The maximum atomic E-state index is 11.5. The molecule has 5 nitrogen and oxygen atoms in total. The Bertz CT molecular complexity index is 647. The molecule has 0 amide bonds. The van der Waals surface area contributed by atoms with Crippen molar-refractivity contribution in [3.05, 3.63) is 40.8 Å². The summed E-state index contributed by atoms with van der Waals surface area (Å²) in [6, 6.07) is 8.87. The molecule has 0 unspecified atom stereocenters. The van der Waals surface area contributed by atoms with Crippen LogP contribution in [0.5, 0.6) is 5.75 Å². The molecular formula is C16H20N2O3. The number of nitrogens with zero attached hydrogens (tertiary/aromatic N) is 1. The normalized spacial score (nSPS) is 16.2. The van der Waals surface area contributed by atoms with Gasteiger partial charge < -0.3 is 19.4 Å². The van der Waals surface area contributed by atoms with Crippen molar-refractivity contribution >= 4 is 11.0 Å². The van der Waals surface area contributed by atoms with E-state index in [1.54, 1.807) is 6.07 Å². The lowest BCUT2D eigenvalue weighted by molar-refractivity contribution is 0.214. The maximum absolute atomic E-state index is 11.5. The third-order valence-corrected chi connectivity index (χ3v) is 3.70. The third kappa shape index (κ3) is 3.62. The molecule has 0 bridgehead atoms. The summed E-state index contributed by atoms with van der Waals surface area (Å²) in [6.07, 6.45) is 0.953. The molecule has 1 aliphatic heterocycles. The second kappa shape index (κ2) is 6.74. The first-order valence-electron chi connectivity index (χ1n) is 7.42. The topological polar surface area (TPSA) is 54.7 Å². The molecule has 0 saturated carbocycles. The third-order valence-electron chi connectivity index (χ3n) is 3.70. The van der Waals surface area contributed by atoms with E-state index in [1.807, 2.05) is 18.2 Å². The molecule has 0 radical (unpaired) electrons. The zero-order valence-electron chi connectivity index (χ0n) is 12.0. The molecule has 3 rings (SSSR count). The van der Waals surface area contributed by atoms with Crippen molar-refractivity contribution in [1.29, 1.82) is 0 Å². The molecule has 1 aromatic carbocycles. The average Bonchev–Trinajstić information content (AvgIpc) is 2.52. The average molecular weight is 288 g/mol. The van der Waals surface area contributed by atoms with Gasteiger partial charge in [-0.1, -0.05) is 12.1 Å². The van der Waals surface area contributed by atoms with Gasteiger partial charge in [-0.3, -0.25) is 0 Å². The van der Waals surface area contributed by atoms with Gasteiger partial charge in [0.15, 0.2) is 0 Å². The van der Waals surface area contributed by atoms with Crippen molar-refractivity contribution in [3.63, 3.8) is 0 Å². The summed E-state index contributed by atoms with van der Waals surface area (Å²) < 4.78 is 10.9. The first kappa shape index (κ1) is 14.1. The Balaban J connectivity index is 1.58. The first-order valence-corrected chi connectivity index (χ1v) is 7.42. The van der Waals surface area contributed by atoms with Crippen LogP contribution in [-0.4, -0.2) is 44.2 Å². The van der Waals surface area contributed by atoms with Crippen molar-refractivity contribution < 1.29 is 9.15 Å². The van der Waals surface area contributed by atoms with Crippen LogP contribution in [0, 0.1) is 0 Å². The Morgan fingerprint density at radius 3 is 2.90 bits per heavy atom. The molecule has 2 heterocycles. The molecular weight excluding hydrogens is 268 g/mol. The minimum absolute atomic E-state index is 0.370. The molecule has 1 fully saturated rings. The Kier molecular flexibility index (Phi) is 4.52. The number of hydrogen-bond acceptors (Lipinski definition) is 5. The number of piperazine rings is 1. The fourth-order valence-corrected chi connectivity index (χ4v) is 2.61. The van der Waals surface area contributed by atoms with Crippen molar-refractivity contribution in [2.45, 2.75) is 6.42 Å². The molecule has 0 spiro atoms. The number of hydrogen-bond donors (Lipinski definition) is 1. The summed E-state index contributed by atoms with van der Waals surface area (Å²) in [6.45, 7) is 5.95. The van der Waals surface area contributed by atoms with Gasteiger partial charge in [0.1, 0.15) is 11.3 Å². The molecule has 1 aliphatic rings. The Labute approximate surface area is 123 Å². The lowest BCUT2D eigenvalue weighted by atomic mass is 10.2. The lowest BCUT2D eigenvalue weighted by Gasteiger charge is -2.26. The number of benzene rings is 1. The summed E-state index contributed by atoms with van der Waals surface area (Å²) in [7, 11) is 0. The van der Waals surface area contributed by atoms with E-state index in [9.17, 15) is 4.79 Å². The smallest absolute Gasteiger partial charge is 0.339 e. The largest absolute Gasteiger partial charge is 0.492 e. The Morgan fingerprint density at radius 1 is 1.24 bits per heavy atom.